The van der Waals surface area contributed by atoms with Crippen LogP contribution in [-0.2, 0) is 0 Å². The molecule has 0 aliphatic carbocycles. The van der Waals surface area contributed by atoms with Crippen LogP contribution in [-0.4, -0.2) is 42.8 Å². The Hall–Kier alpha value is -2.08. The molecule has 1 aliphatic rings. The first-order valence-corrected chi connectivity index (χ1v) is 7.31. The second kappa shape index (κ2) is 5.73. The smallest absolute Gasteiger partial charge is 0.222 e. The summed E-state index contributed by atoms with van der Waals surface area (Å²) in [7, 11) is 1.66. The van der Waals surface area contributed by atoms with Crippen molar-refractivity contribution in [2.75, 3.05) is 37.4 Å². The number of ether oxygens (including phenoxy) is 1. The number of hydrogen-bond donors (Lipinski definition) is 2. The van der Waals surface area contributed by atoms with E-state index in [-0.39, 0.29) is 0 Å². The van der Waals surface area contributed by atoms with Crippen molar-refractivity contribution in [3.8, 4) is 5.75 Å². The van der Waals surface area contributed by atoms with Crippen molar-refractivity contribution < 1.29 is 4.74 Å². The molecule has 1 atom stereocenters. The van der Waals surface area contributed by atoms with E-state index >= 15 is 0 Å². The number of likely N-dealkylation sites (N-methyl/N-ethyl adjacent to an activating group) is 1. The first-order chi connectivity index (χ1) is 10.2. The first-order valence-electron chi connectivity index (χ1n) is 7.31. The Bertz CT molecular complexity index is 645. The molecule has 0 bridgehead atoms. The van der Waals surface area contributed by atoms with Crippen LogP contribution in [0, 0.1) is 0 Å². The summed E-state index contributed by atoms with van der Waals surface area (Å²) in [5, 5.41) is 4.48. The van der Waals surface area contributed by atoms with Gasteiger partial charge in [0.05, 0.1) is 12.6 Å². The van der Waals surface area contributed by atoms with Gasteiger partial charge in [0.2, 0.25) is 5.95 Å². The number of benzene rings is 1. The fourth-order valence-corrected chi connectivity index (χ4v) is 2.88. The van der Waals surface area contributed by atoms with Gasteiger partial charge in [-0.25, -0.2) is 4.98 Å². The zero-order chi connectivity index (χ0) is 14.8. The van der Waals surface area contributed by atoms with Crippen molar-refractivity contribution in [2.24, 2.45) is 0 Å². The van der Waals surface area contributed by atoms with Gasteiger partial charge in [0.15, 0.2) is 0 Å². The first kappa shape index (κ1) is 13.9. The number of hydrogen-bond acceptors (Lipinski definition) is 6. The Morgan fingerprint density at radius 2 is 2.29 bits per heavy atom. The predicted molar refractivity (Wildman–Crippen MR) is 84.8 cm³/mol. The van der Waals surface area contributed by atoms with Crippen molar-refractivity contribution in [2.45, 2.75) is 19.4 Å². The Labute approximate surface area is 124 Å². The molecule has 3 N–H and O–H groups in total. The van der Waals surface area contributed by atoms with Gasteiger partial charge in [-0.05, 0) is 31.2 Å². The minimum atomic E-state index is 0.314. The molecule has 1 aromatic carbocycles. The third kappa shape index (κ3) is 2.71. The Kier molecular flexibility index (Phi) is 3.79. The standard InChI is InChI=1S/C15H21N5O/c1-3-17-10-6-7-20(9-10)14-12-8-11(21-2)4-5-13(12)18-15(16)19-14/h4-5,8,10,17H,3,6-7,9H2,1-2H3,(H2,16,18,19). The van der Waals surface area contributed by atoms with Crippen LogP contribution in [0.2, 0.25) is 0 Å². The van der Waals surface area contributed by atoms with Crippen LogP contribution in [0.15, 0.2) is 18.2 Å². The van der Waals surface area contributed by atoms with Crippen LogP contribution in [0.3, 0.4) is 0 Å². The van der Waals surface area contributed by atoms with E-state index in [9.17, 15) is 0 Å². The summed E-state index contributed by atoms with van der Waals surface area (Å²) in [6.45, 7) is 5.03. The van der Waals surface area contributed by atoms with Crippen molar-refractivity contribution in [1.29, 1.82) is 0 Å². The lowest BCUT2D eigenvalue weighted by molar-refractivity contribution is 0.415. The number of nitrogens with zero attached hydrogens (tertiary/aromatic N) is 3. The molecule has 0 radical (unpaired) electrons. The molecular weight excluding hydrogens is 266 g/mol. The number of nitrogens with one attached hydrogen (secondary N) is 1. The summed E-state index contributed by atoms with van der Waals surface area (Å²) >= 11 is 0. The molecule has 0 spiro atoms. The average molecular weight is 287 g/mol. The Morgan fingerprint density at radius 3 is 3.05 bits per heavy atom. The summed E-state index contributed by atoms with van der Waals surface area (Å²) in [4.78, 5) is 11.0. The molecule has 21 heavy (non-hydrogen) atoms. The average Bonchev–Trinajstić information content (AvgIpc) is 2.95. The maximum Gasteiger partial charge on any atom is 0.222 e. The minimum Gasteiger partial charge on any atom is -0.497 e. The number of fused-ring (bicyclic) bond motifs is 1. The fraction of sp³-hybridized carbons (Fsp3) is 0.467. The third-order valence-electron chi connectivity index (χ3n) is 3.88. The van der Waals surface area contributed by atoms with Gasteiger partial charge in [-0.1, -0.05) is 6.92 Å². The highest BCUT2D eigenvalue weighted by atomic mass is 16.5. The van der Waals surface area contributed by atoms with Crippen LogP contribution in [0.25, 0.3) is 10.9 Å². The van der Waals surface area contributed by atoms with E-state index in [1.807, 2.05) is 18.2 Å². The SMILES string of the molecule is CCNC1CCN(c2nc(N)nc3ccc(OC)cc23)C1. The van der Waals surface area contributed by atoms with Gasteiger partial charge in [-0.15, -0.1) is 0 Å². The molecule has 3 rings (SSSR count). The summed E-state index contributed by atoms with van der Waals surface area (Å²) in [6, 6.07) is 6.30. The molecule has 0 saturated carbocycles. The third-order valence-corrected chi connectivity index (χ3v) is 3.88. The molecule has 1 saturated heterocycles. The Balaban J connectivity index is 2.00. The van der Waals surface area contributed by atoms with Gasteiger partial charge >= 0.3 is 0 Å². The van der Waals surface area contributed by atoms with E-state index in [2.05, 4.69) is 27.1 Å². The van der Waals surface area contributed by atoms with Crippen LogP contribution >= 0.6 is 0 Å². The maximum atomic E-state index is 5.86. The largest absolute Gasteiger partial charge is 0.497 e. The number of methoxy groups -OCH3 is 1. The molecule has 6 heteroatoms. The van der Waals surface area contributed by atoms with E-state index < -0.39 is 0 Å². The number of aromatic nitrogens is 2. The number of anilines is 2. The molecule has 1 fully saturated rings. The summed E-state index contributed by atoms with van der Waals surface area (Å²) in [6.07, 6.45) is 1.11. The second-order valence-electron chi connectivity index (χ2n) is 5.28. The molecule has 112 valence electrons. The predicted octanol–water partition coefficient (Wildman–Crippen LogP) is 1.41. The van der Waals surface area contributed by atoms with Crippen LogP contribution in [0.5, 0.6) is 5.75 Å². The Morgan fingerprint density at radius 1 is 1.43 bits per heavy atom. The van der Waals surface area contributed by atoms with E-state index in [1.165, 1.54) is 0 Å². The van der Waals surface area contributed by atoms with Crippen molar-refractivity contribution in [1.82, 2.24) is 15.3 Å². The van der Waals surface area contributed by atoms with Gasteiger partial charge in [0.25, 0.3) is 0 Å². The molecule has 0 amide bonds. The zero-order valence-electron chi connectivity index (χ0n) is 12.5. The number of rotatable bonds is 4. The van der Waals surface area contributed by atoms with Crippen LogP contribution in [0.4, 0.5) is 11.8 Å². The minimum absolute atomic E-state index is 0.314. The summed E-state index contributed by atoms with van der Waals surface area (Å²) in [5.74, 6) is 2.02. The lowest BCUT2D eigenvalue weighted by Gasteiger charge is -2.20. The van der Waals surface area contributed by atoms with E-state index in [1.54, 1.807) is 7.11 Å². The van der Waals surface area contributed by atoms with Crippen molar-refractivity contribution in [3.05, 3.63) is 18.2 Å². The number of nitrogens with two attached hydrogens (primary N) is 1. The lowest BCUT2D eigenvalue weighted by Crippen LogP contribution is -2.32. The van der Waals surface area contributed by atoms with Crippen LogP contribution in [0.1, 0.15) is 13.3 Å². The van der Waals surface area contributed by atoms with Gasteiger partial charge in [0.1, 0.15) is 11.6 Å². The molecule has 1 aromatic heterocycles. The summed E-state index contributed by atoms with van der Waals surface area (Å²) < 4.78 is 5.31. The number of nitrogen functional groups attached to an aromatic ring is 1. The van der Waals surface area contributed by atoms with Gasteiger partial charge in [-0.3, -0.25) is 0 Å². The van der Waals surface area contributed by atoms with E-state index in [4.69, 9.17) is 10.5 Å². The van der Waals surface area contributed by atoms with Gasteiger partial charge in [-0.2, -0.15) is 4.98 Å². The lowest BCUT2D eigenvalue weighted by atomic mass is 10.2. The van der Waals surface area contributed by atoms with Gasteiger partial charge in [0, 0.05) is 24.5 Å². The quantitative estimate of drug-likeness (QED) is 0.885. The van der Waals surface area contributed by atoms with Crippen molar-refractivity contribution in [3.63, 3.8) is 0 Å². The molecule has 2 heterocycles. The van der Waals surface area contributed by atoms with E-state index in [0.29, 0.717) is 12.0 Å². The van der Waals surface area contributed by atoms with Crippen molar-refractivity contribution >= 4 is 22.7 Å². The highest BCUT2D eigenvalue weighted by molar-refractivity contribution is 5.91. The monoisotopic (exact) mass is 287 g/mol. The molecule has 6 nitrogen and oxygen atoms in total. The summed E-state index contributed by atoms with van der Waals surface area (Å²) in [5.41, 5.74) is 6.71. The maximum absolute atomic E-state index is 5.86. The van der Waals surface area contributed by atoms with E-state index in [0.717, 1.165) is 48.5 Å². The molecule has 1 aliphatic heterocycles. The topological polar surface area (TPSA) is 76.3 Å². The molecule has 1 unspecified atom stereocenters. The second-order valence-corrected chi connectivity index (χ2v) is 5.28. The van der Waals surface area contributed by atoms with Gasteiger partial charge < -0.3 is 20.7 Å². The molecule has 2 aromatic rings. The zero-order valence-corrected chi connectivity index (χ0v) is 12.5. The van der Waals surface area contributed by atoms with Crippen LogP contribution < -0.4 is 20.7 Å². The normalized spacial score (nSPS) is 18.4. The fourth-order valence-electron chi connectivity index (χ4n) is 2.88. The molecular formula is C15H21N5O. The highest BCUT2D eigenvalue weighted by Crippen LogP contribution is 2.30. The highest BCUT2D eigenvalue weighted by Gasteiger charge is 2.24.